The van der Waals surface area contributed by atoms with Gasteiger partial charge in [-0.2, -0.15) is 0 Å². The molecule has 1 heterocycles. The SMILES string of the molecule is CN(c1ccccc1)c1cc(-c2ccccc2)n[n+]([O-])c1-c1ccccc1. The zero-order valence-electron chi connectivity index (χ0n) is 15.0. The first kappa shape index (κ1) is 16.8. The van der Waals surface area contributed by atoms with Gasteiger partial charge in [0.2, 0.25) is 0 Å². The molecule has 4 aromatic rings. The maximum atomic E-state index is 12.9. The van der Waals surface area contributed by atoms with Crippen molar-refractivity contribution in [1.29, 1.82) is 0 Å². The Balaban J connectivity index is 1.93. The molecule has 132 valence electrons. The summed E-state index contributed by atoms with van der Waals surface area (Å²) in [6, 6.07) is 31.3. The van der Waals surface area contributed by atoms with Gasteiger partial charge in [0.25, 0.3) is 5.69 Å². The van der Waals surface area contributed by atoms with Crippen LogP contribution in [0.15, 0.2) is 97.1 Å². The molecular formula is C23H19N3O. The van der Waals surface area contributed by atoms with Crippen LogP contribution in [0.5, 0.6) is 0 Å². The lowest BCUT2D eigenvalue weighted by Gasteiger charge is -2.21. The molecule has 0 saturated carbocycles. The highest BCUT2D eigenvalue weighted by Crippen LogP contribution is 2.33. The minimum absolute atomic E-state index is 0.529. The number of hydrogen-bond donors (Lipinski definition) is 0. The van der Waals surface area contributed by atoms with Crippen LogP contribution in [0.1, 0.15) is 0 Å². The number of hydrogen-bond acceptors (Lipinski definition) is 3. The van der Waals surface area contributed by atoms with Gasteiger partial charge in [0.05, 0.1) is 5.56 Å². The van der Waals surface area contributed by atoms with E-state index in [9.17, 15) is 5.21 Å². The molecule has 3 aromatic carbocycles. The third-order valence-electron chi connectivity index (χ3n) is 4.53. The second-order valence-corrected chi connectivity index (χ2v) is 6.26. The lowest BCUT2D eigenvalue weighted by atomic mass is 10.1. The molecule has 0 aliphatic carbocycles. The summed E-state index contributed by atoms with van der Waals surface area (Å²) in [5.41, 5.74) is 4.71. The molecule has 0 spiro atoms. The van der Waals surface area contributed by atoms with Crippen LogP contribution >= 0.6 is 0 Å². The van der Waals surface area contributed by atoms with Gasteiger partial charge in [-0.1, -0.05) is 66.7 Å². The van der Waals surface area contributed by atoms with Crippen molar-refractivity contribution >= 4 is 11.4 Å². The Bertz CT molecular complexity index is 1040. The van der Waals surface area contributed by atoms with Crippen LogP contribution in [0.25, 0.3) is 22.5 Å². The summed E-state index contributed by atoms with van der Waals surface area (Å²) in [4.78, 5) is 2.75. The van der Waals surface area contributed by atoms with Gasteiger partial charge in [-0.3, -0.25) is 0 Å². The molecule has 0 aliphatic rings. The number of anilines is 2. The fourth-order valence-electron chi connectivity index (χ4n) is 3.12. The molecule has 0 fully saturated rings. The van der Waals surface area contributed by atoms with E-state index in [0.717, 1.165) is 27.3 Å². The normalized spacial score (nSPS) is 10.6. The van der Waals surface area contributed by atoms with Crippen molar-refractivity contribution in [3.63, 3.8) is 0 Å². The van der Waals surface area contributed by atoms with E-state index in [2.05, 4.69) is 5.10 Å². The summed E-state index contributed by atoms with van der Waals surface area (Å²) in [5.74, 6) is 0. The van der Waals surface area contributed by atoms with Gasteiger partial charge in [0.1, 0.15) is 11.4 Å². The molecule has 27 heavy (non-hydrogen) atoms. The summed E-state index contributed by atoms with van der Waals surface area (Å²) in [7, 11) is 1.96. The van der Waals surface area contributed by atoms with Crippen LogP contribution in [0.3, 0.4) is 0 Å². The molecule has 0 radical (unpaired) electrons. The molecule has 0 saturated heterocycles. The third-order valence-corrected chi connectivity index (χ3v) is 4.53. The minimum Gasteiger partial charge on any atom is -0.594 e. The monoisotopic (exact) mass is 353 g/mol. The van der Waals surface area contributed by atoms with E-state index >= 15 is 0 Å². The van der Waals surface area contributed by atoms with Gasteiger partial charge in [0.15, 0.2) is 0 Å². The third kappa shape index (κ3) is 3.37. The average Bonchev–Trinajstić information content (AvgIpc) is 2.74. The Labute approximate surface area is 158 Å². The fourth-order valence-corrected chi connectivity index (χ4v) is 3.12. The Morgan fingerprint density at radius 3 is 1.85 bits per heavy atom. The summed E-state index contributed by atoms with van der Waals surface area (Å²) >= 11 is 0. The molecule has 0 unspecified atom stereocenters. The van der Waals surface area contributed by atoms with Crippen molar-refractivity contribution in [2.24, 2.45) is 0 Å². The number of rotatable bonds is 4. The molecule has 4 nitrogen and oxygen atoms in total. The van der Waals surface area contributed by atoms with E-state index in [4.69, 9.17) is 0 Å². The van der Waals surface area contributed by atoms with E-state index in [1.54, 1.807) is 0 Å². The summed E-state index contributed by atoms with van der Waals surface area (Å²) in [5, 5.41) is 17.2. The lowest BCUT2D eigenvalue weighted by molar-refractivity contribution is -0.656. The first-order chi connectivity index (χ1) is 13.2. The summed E-state index contributed by atoms with van der Waals surface area (Å²) in [6.07, 6.45) is 0. The second-order valence-electron chi connectivity index (χ2n) is 6.26. The van der Waals surface area contributed by atoms with E-state index in [0.29, 0.717) is 11.4 Å². The van der Waals surface area contributed by atoms with Crippen molar-refractivity contribution in [3.8, 4) is 22.5 Å². The smallest absolute Gasteiger partial charge is 0.275 e. The topological polar surface area (TPSA) is 43.1 Å². The lowest BCUT2D eigenvalue weighted by Crippen LogP contribution is -2.36. The molecule has 1 aromatic heterocycles. The van der Waals surface area contributed by atoms with Gasteiger partial charge in [0, 0.05) is 29.5 Å². The van der Waals surface area contributed by atoms with E-state index in [1.807, 2.05) is 109 Å². The van der Waals surface area contributed by atoms with Gasteiger partial charge in [-0.05, 0) is 29.1 Å². The first-order valence-electron chi connectivity index (χ1n) is 8.78. The summed E-state index contributed by atoms with van der Waals surface area (Å²) in [6.45, 7) is 0. The van der Waals surface area contributed by atoms with Crippen molar-refractivity contribution in [2.75, 3.05) is 11.9 Å². The molecule has 0 bridgehead atoms. The molecule has 0 atom stereocenters. The van der Waals surface area contributed by atoms with Crippen LogP contribution in [0.4, 0.5) is 11.4 Å². The van der Waals surface area contributed by atoms with Gasteiger partial charge in [-0.25, -0.2) is 0 Å². The quantitative estimate of drug-likeness (QED) is 0.390. The van der Waals surface area contributed by atoms with E-state index in [1.165, 1.54) is 0 Å². The minimum atomic E-state index is 0.529. The Morgan fingerprint density at radius 2 is 1.26 bits per heavy atom. The largest absolute Gasteiger partial charge is 0.594 e. The molecule has 0 N–H and O–H groups in total. The molecule has 4 heteroatoms. The van der Waals surface area contributed by atoms with E-state index in [-0.39, 0.29) is 0 Å². The summed E-state index contributed by atoms with van der Waals surface area (Å²) < 4.78 is 0. The Kier molecular flexibility index (Phi) is 4.54. The first-order valence-corrected chi connectivity index (χ1v) is 8.78. The Hall–Kier alpha value is -3.66. The highest BCUT2D eigenvalue weighted by Gasteiger charge is 2.23. The van der Waals surface area contributed by atoms with Crippen LogP contribution in [-0.4, -0.2) is 12.1 Å². The fraction of sp³-hybridized carbons (Fsp3) is 0.0435. The van der Waals surface area contributed by atoms with Gasteiger partial charge >= 0.3 is 0 Å². The highest BCUT2D eigenvalue weighted by molar-refractivity contribution is 5.79. The number of nitrogens with zero attached hydrogens (tertiary/aromatic N) is 3. The van der Waals surface area contributed by atoms with Crippen LogP contribution < -0.4 is 9.75 Å². The maximum Gasteiger partial charge on any atom is 0.275 e. The number of aromatic nitrogens is 2. The zero-order chi connectivity index (χ0) is 18.6. The average molecular weight is 353 g/mol. The molecule has 0 aliphatic heterocycles. The van der Waals surface area contributed by atoms with Crippen molar-refractivity contribution in [1.82, 2.24) is 5.10 Å². The molecule has 4 rings (SSSR count). The Morgan fingerprint density at radius 1 is 0.741 bits per heavy atom. The van der Waals surface area contributed by atoms with Crippen molar-refractivity contribution < 1.29 is 4.85 Å². The van der Waals surface area contributed by atoms with Gasteiger partial charge in [-0.15, -0.1) is 0 Å². The highest BCUT2D eigenvalue weighted by atomic mass is 16.5. The van der Waals surface area contributed by atoms with E-state index < -0.39 is 0 Å². The van der Waals surface area contributed by atoms with Crippen LogP contribution in [0, 0.1) is 5.21 Å². The zero-order valence-corrected chi connectivity index (χ0v) is 15.0. The number of benzene rings is 3. The van der Waals surface area contributed by atoms with Gasteiger partial charge < -0.3 is 10.1 Å². The maximum absolute atomic E-state index is 12.9. The predicted octanol–water partition coefficient (Wildman–Crippen LogP) is 4.82. The number of para-hydroxylation sites is 1. The molecular weight excluding hydrogens is 334 g/mol. The van der Waals surface area contributed by atoms with Crippen molar-refractivity contribution in [2.45, 2.75) is 0 Å². The van der Waals surface area contributed by atoms with Crippen molar-refractivity contribution in [3.05, 3.63) is 102 Å². The second kappa shape index (κ2) is 7.30. The standard InChI is InChI=1S/C23H19N3O/c1-25(20-15-9-4-10-16-20)22-17-21(18-11-5-2-6-12-18)24-26(27)23(22)19-13-7-3-8-14-19/h2-17H,1H3. The molecule has 0 amide bonds. The predicted molar refractivity (Wildman–Crippen MR) is 109 cm³/mol. The van der Waals surface area contributed by atoms with Crippen LogP contribution in [0.2, 0.25) is 0 Å². The van der Waals surface area contributed by atoms with Crippen LogP contribution in [-0.2, 0) is 0 Å².